The van der Waals surface area contributed by atoms with Crippen molar-refractivity contribution in [3.8, 4) is 0 Å². The third-order valence-electron chi connectivity index (χ3n) is 3.57. The minimum atomic E-state index is 0.122. The molecule has 0 aliphatic heterocycles. The Labute approximate surface area is 136 Å². The molecule has 3 nitrogen and oxygen atoms in total. The van der Waals surface area contributed by atoms with Gasteiger partial charge in [0, 0.05) is 10.9 Å². The summed E-state index contributed by atoms with van der Waals surface area (Å²) in [6, 6.07) is 2.63. The Kier molecular flexibility index (Phi) is 5.85. The summed E-state index contributed by atoms with van der Waals surface area (Å²) < 4.78 is 2.04. The second-order valence-electron chi connectivity index (χ2n) is 5.47. The van der Waals surface area contributed by atoms with Crippen LogP contribution in [0, 0.1) is 0 Å². The normalized spacial score (nSPS) is 13.0. The number of nitrogens with one attached hydrogen (secondary N) is 1. The molecule has 2 aromatic heterocycles. The standard InChI is InChI=1S/C16H24ClN3S/c1-5-8-18-14(16-12(6-2)7-9-21-16)15-13(17)10-19-20(15)11(3)4/h7,9-11,14,18H,5-6,8H2,1-4H3. The van der Waals surface area contributed by atoms with Gasteiger partial charge in [-0.1, -0.05) is 25.4 Å². The van der Waals surface area contributed by atoms with Crippen molar-refractivity contribution in [1.29, 1.82) is 0 Å². The lowest BCUT2D eigenvalue weighted by molar-refractivity contribution is 0.473. The van der Waals surface area contributed by atoms with Gasteiger partial charge in [-0.05, 0) is 50.2 Å². The Hall–Kier alpha value is -0.840. The second-order valence-corrected chi connectivity index (χ2v) is 6.82. The van der Waals surface area contributed by atoms with Gasteiger partial charge < -0.3 is 5.32 Å². The number of halogens is 1. The SMILES string of the molecule is CCCNC(c1sccc1CC)c1c(Cl)cnn1C(C)C. The Morgan fingerprint density at radius 3 is 2.76 bits per heavy atom. The smallest absolute Gasteiger partial charge is 0.0860 e. The molecule has 0 bridgehead atoms. The van der Waals surface area contributed by atoms with Crippen molar-refractivity contribution in [1.82, 2.24) is 15.1 Å². The topological polar surface area (TPSA) is 29.9 Å². The quantitative estimate of drug-likeness (QED) is 0.790. The number of rotatable bonds is 7. The molecule has 0 saturated heterocycles. The molecule has 1 atom stereocenters. The lowest BCUT2D eigenvalue weighted by atomic mass is 10.1. The molecule has 21 heavy (non-hydrogen) atoms. The fourth-order valence-electron chi connectivity index (χ4n) is 2.53. The van der Waals surface area contributed by atoms with Crippen LogP contribution in [-0.4, -0.2) is 16.3 Å². The van der Waals surface area contributed by atoms with Gasteiger partial charge in [0.05, 0.1) is 23.0 Å². The molecule has 2 rings (SSSR count). The second kappa shape index (κ2) is 7.43. The van der Waals surface area contributed by atoms with Gasteiger partial charge in [0.1, 0.15) is 0 Å². The van der Waals surface area contributed by atoms with E-state index in [0.29, 0.717) is 6.04 Å². The van der Waals surface area contributed by atoms with Gasteiger partial charge in [0.15, 0.2) is 0 Å². The summed E-state index contributed by atoms with van der Waals surface area (Å²) in [4.78, 5) is 1.36. The largest absolute Gasteiger partial charge is 0.304 e. The van der Waals surface area contributed by atoms with Gasteiger partial charge >= 0.3 is 0 Å². The molecule has 0 fully saturated rings. The Morgan fingerprint density at radius 2 is 2.14 bits per heavy atom. The summed E-state index contributed by atoms with van der Waals surface area (Å²) in [6.07, 6.45) is 3.89. The molecule has 5 heteroatoms. The molecule has 0 saturated carbocycles. The first-order valence-corrected chi connectivity index (χ1v) is 8.88. The number of aromatic nitrogens is 2. The average molecular weight is 326 g/mol. The van der Waals surface area contributed by atoms with Crippen LogP contribution in [0.15, 0.2) is 17.6 Å². The Morgan fingerprint density at radius 1 is 1.38 bits per heavy atom. The van der Waals surface area contributed by atoms with Gasteiger partial charge in [-0.25, -0.2) is 0 Å². The maximum absolute atomic E-state index is 6.46. The number of thiophene rings is 1. The van der Waals surface area contributed by atoms with E-state index < -0.39 is 0 Å². The number of hydrogen-bond donors (Lipinski definition) is 1. The molecule has 2 heterocycles. The maximum Gasteiger partial charge on any atom is 0.0860 e. The first-order chi connectivity index (χ1) is 10.1. The van der Waals surface area contributed by atoms with Crippen molar-refractivity contribution >= 4 is 22.9 Å². The monoisotopic (exact) mass is 325 g/mol. The van der Waals surface area contributed by atoms with Crippen molar-refractivity contribution in [2.24, 2.45) is 0 Å². The lowest BCUT2D eigenvalue weighted by Gasteiger charge is -2.22. The van der Waals surface area contributed by atoms with E-state index in [4.69, 9.17) is 11.6 Å². The highest BCUT2D eigenvalue weighted by atomic mass is 35.5. The molecule has 0 aromatic carbocycles. The van der Waals surface area contributed by atoms with Crippen LogP contribution in [0.1, 0.15) is 62.3 Å². The van der Waals surface area contributed by atoms with Crippen LogP contribution in [-0.2, 0) is 6.42 Å². The summed E-state index contributed by atoms with van der Waals surface area (Å²) in [5.41, 5.74) is 2.47. The summed E-state index contributed by atoms with van der Waals surface area (Å²) in [5, 5.41) is 11.0. The van der Waals surface area contributed by atoms with E-state index in [2.05, 4.69) is 49.6 Å². The van der Waals surface area contributed by atoms with Crippen molar-refractivity contribution in [3.05, 3.63) is 38.8 Å². The fraction of sp³-hybridized carbons (Fsp3) is 0.562. The Bertz CT molecular complexity index is 574. The van der Waals surface area contributed by atoms with Crippen LogP contribution < -0.4 is 5.32 Å². The first-order valence-electron chi connectivity index (χ1n) is 7.62. The predicted octanol–water partition coefficient (Wildman–Crippen LogP) is 4.83. The van der Waals surface area contributed by atoms with Gasteiger partial charge in [-0.3, -0.25) is 4.68 Å². The molecule has 116 valence electrons. The molecule has 0 spiro atoms. The molecule has 0 radical (unpaired) electrons. The van der Waals surface area contributed by atoms with Gasteiger partial charge in [-0.15, -0.1) is 11.3 Å². The van der Waals surface area contributed by atoms with Gasteiger partial charge in [0.2, 0.25) is 0 Å². The van der Waals surface area contributed by atoms with Crippen LogP contribution in [0.2, 0.25) is 5.02 Å². The van der Waals surface area contributed by atoms with Crippen LogP contribution in [0.5, 0.6) is 0 Å². The molecule has 0 aliphatic rings. The van der Waals surface area contributed by atoms with E-state index >= 15 is 0 Å². The van der Waals surface area contributed by atoms with Crippen LogP contribution >= 0.6 is 22.9 Å². The van der Waals surface area contributed by atoms with Crippen molar-refractivity contribution < 1.29 is 0 Å². The van der Waals surface area contributed by atoms with E-state index in [9.17, 15) is 0 Å². The zero-order valence-electron chi connectivity index (χ0n) is 13.2. The summed E-state index contributed by atoms with van der Waals surface area (Å²) in [6.45, 7) is 9.62. The number of aryl methyl sites for hydroxylation is 1. The predicted molar refractivity (Wildman–Crippen MR) is 91.5 cm³/mol. The zero-order chi connectivity index (χ0) is 15.4. The van der Waals surface area contributed by atoms with Crippen molar-refractivity contribution in [2.45, 2.75) is 52.6 Å². The molecule has 1 N–H and O–H groups in total. The van der Waals surface area contributed by atoms with E-state index in [-0.39, 0.29) is 6.04 Å². The van der Waals surface area contributed by atoms with Crippen LogP contribution in [0.25, 0.3) is 0 Å². The number of nitrogens with zero attached hydrogens (tertiary/aromatic N) is 2. The molecule has 0 amide bonds. The zero-order valence-corrected chi connectivity index (χ0v) is 14.8. The first kappa shape index (κ1) is 16.5. The summed E-state index contributed by atoms with van der Waals surface area (Å²) in [5.74, 6) is 0. The fourth-order valence-corrected chi connectivity index (χ4v) is 3.84. The number of hydrogen-bond acceptors (Lipinski definition) is 3. The van der Waals surface area contributed by atoms with Crippen molar-refractivity contribution in [3.63, 3.8) is 0 Å². The minimum absolute atomic E-state index is 0.122. The van der Waals surface area contributed by atoms with E-state index in [1.807, 2.05) is 4.68 Å². The van der Waals surface area contributed by atoms with Crippen molar-refractivity contribution in [2.75, 3.05) is 6.54 Å². The summed E-state index contributed by atoms with van der Waals surface area (Å²) >= 11 is 8.25. The summed E-state index contributed by atoms with van der Waals surface area (Å²) in [7, 11) is 0. The highest BCUT2D eigenvalue weighted by Crippen LogP contribution is 2.35. The average Bonchev–Trinajstić information content (AvgIpc) is 3.07. The molecule has 1 unspecified atom stereocenters. The third-order valence-corrected chi connectivity index (χ3v) is 4.89. The van der Waals surface area contributed by atoms with Gasteiger partial charge in [-0.2, -0.15) is 5.10 Å². The Balaban J connectivity index is 2.48. The molecular formula is C16H24ClN3S. The minimum Gasteiger partial charge on any atom is -0.304 e. The highest BCUT2D eigenvalue weighted by Gasteiger charge is 2.25. The molecular weight excluding hydrogens is 302 g/mol. The maximum atomic E-state index is 6.46. The highest BCUT2D eigenvalue weighted by molar-refractivity contribution is 7.10. The van der Waals surface area contributed by atoms with E-state index in [1.54, 1.807) is 17.5 Å². The van der Waals surface area contributed by atoms with Crippen LogP contribution in [0.3, 0.4) is 0 Å². The molecule has 0 aliphatic carbocycles. The molecule has 2 aromatic rings. The lowest BCUT2D eigenvalue weighted by Crippen LogP contribution is -2.26. The van der Waals surface area contributed by atoms with Crippen LogP contribution in [0.4, 0.5) is 0 Å². The van der Waals surface area contributed by atoms with E-state index in [1.165, 1.54) is 10.4 Å². The van der Waals surface area contributed by atoms with E-state index in [0.717, 1.165) is 30.1 Å². The van der Waals surface area contributed by atoms with Gasteiger partial charge in [0.25, 0.3) is 0 Å². The third kappa shape index (κ3) is 3.50.